The summed E-state index contributed by atoms with van der Waals surface area (Å²) in [4.78, 5) is 10.9. The number of aromatic carboxylic acids is 1. The minimum Gasteiger partial charge on any atom is -0.478 e. The summed E-state index contributed by atoms with van der Waals surface area (Å²) in [7, 11) is 0. The van der Waals surface area contributed by atoms with Gasteiger partial charge in [-0.1, -0.05) is 17.9 Å². The van der Waals surface area contributed by atoms with Crippen LogP contribution >= 0.6 is 0 Å². The van der Waals surface area contributed by atoms with Crippen LogP contribution in [0.1, 0.15) is 41.6 Å². The Bertz CT molecular complexity index is 699. The van der Waals surface area contributed by atoms with Crippen molar-refractivity contribution in [2.24, 2.45) is 11.3 Å². The van der Waals surface area contributed by atoms with Gasteiger partial charge in [0.1, 0.15) is 5.60 Å². The van der Waals surface area contributed by atoms with Crippen molar-refractivity contribution in [1.29, 1.82) is 5.26 Å². The van der Waals surface area contributed by atoms with Gasteiger partial charge in [-0.2, -0.15) is 5.26 Å². The molecule has 2 aliphatic carbocycles. The molecule has 0 aromatic heterocycles. The lowest BCUT2D eigenvalue weighted by Gasteiger charge is -2.27. The molecule has 0 aliphatic heterocycles. The average molecular weight is 281 g/mol. The van der Waals surface area contributed by atoms with Gasteiger partial charge in [-0.3, -0.25) is 0 Å². The van der Waals surface area contributed by atoms with Gasteiger partial charge in [0.05, 0.1) is 17.0 Å². The van der Waals surface area contributed by atoms with Crippen LogP contribution in [0.3, 0.4) is 0 Å². The second-order valence-corrected chi connectivity index (χ2v) is 5.87. The maximum atomic E-state index is 10.9. The second kappa shape index (κ2) is 4.62. The first kappa shape index (κ1) is 13.7. The van der Waals surface area contributed by atoms with E-state index in [-0.39, 0.29) is 11.5 Å². The molecule has 2 fully saturated rings. The number of carboxylic acid groups (broad SMARTS) is 1. The Morgan fingerprint density at radius 2 is 2.10 bits per heavy atom. The van der Waals surface area contributed by atoms with Crippen molar-refractivity contribution in [2.45, 2.75) is 31.3 Å². The van der Waals surface area contributed by atoms with E-state index in [2.05, 4.69) is 17.9 Å². The van der Waals surface area contributed by atoms with Crippen LogP contribution in [0.25, 0.3) is 0 Å². The fraction of sp³-hybridized carbons (Fsp3) is 0.412. The second-order valence-electron chi connectivity index (χ2n) is 5.87. The maximum Gasteiger partial charge on any atom is 0.335 e. The van der Waals surface area contributed by atoms with Crippen LogP contribution in [-0.4, -0.2) is 21.8 Å². The zero-order valence-electron chi connectivity index (χ0n) is 11.5. The molecule has 1 aromatic rings. The molecule has 2 N–H and O–H groups in total. The number of carbonyl (C=O) groups is 1. The van der Waals surface area contributed by atoms with E-state index in [1.165, 1.54) is 12.1 Å². The highest BCUT2D eigenvalue weighted by atomic mass is 16.4. The van der Waals surface area contributed by atoms with E-state index in [1.54, 1.807) is 12.1 Å². The fourth-order valence-electron chi connectivity index (χ4n) is 2.71. The van der Waals surface area contributed by atoms with E-state index in [0.29, 0.717) is 18.4 Å². The topological polar surface area (TPSA) is 81.3 Å². The van der Waals surface area contributed by atoms with Gasteiger partial charge in [0.25, 0.3) is 0 Å². The molecule has 0 saturated heterocycles. The summed E-state index contributed by atoms with van der Waals surface area (Å²) in [5.74, 6) is 4.81. The smallest absolute Gasteiger partial charge is 0.335 e. The summed E-state index contributed by atoms with van der Waals surface area (Å²) in [6, 6.07) is 8.55. The highest BCUT2D eigenvalue weighted by Gasteiger charge is 2.64. The minimum absolute atomic E-state index is 0.0646. The van der Waals surface area contributed by atoms with E-state index in [0.717, 1.165) is 12.8 Å². The van der Waals surface area contributed by atoms with Crippen LogP contribution in [-0.2, 0) is 0 Å². The number of hydrogen-bond acceptors (Lipinski definition) is 3. The van der Waals surface area contributed by atoms with Crippen LogP contribution in [0.5, 0.6) is 0 Å². The van der Waals surface area contributed by atoms with Crippen LogP contribution in [0, 0.1) is 34.5 Å². The van der Waals surface area contributed by atoms with Crippen molar-refractivity contribution >= 4 is 5.97 Å². The highest BCUT2D eigenvalue weighted by molar-refractivity contribution is 5.88. The van der Waals surface area contributed by atoms with Crippen molar-refractivity contribution in [2.75, 3.05) is 0 Å². The Balaban J connectivity index is 1.94. The maximum absolute atomic E-state index is 10.9. The number of benzene rings is 1. The van der Waals surface area contributed by atoms with Crippen molar-refractivity contribution in [3.8, 4) is 17.9 Å². The molecule has 0 amide bonds. The van der Waals surface area contributed by atoms with Crippen LogP contribution < -0.4 is 0 Å². The fourth-order valence-corrected chi connectivity index (χ4v) is 2.71. The van der Waals surface area contributed by atoms with Gasteiger partial charge < -0.3 is 10.2 Å². The number of hydrogen-bond donors (Lipinski definition) is 2. The molecule has 0 unspecified atom stereocenters. The molecule has 4 nitrogen and oxygen atoms in total. The third-order valence-corrected chi connectivity index (χ3v) is 4.37. The molecule has 0 spiro atoms. The zero-order valence-corrected chi connectivity index (χ0v) is 11.5. The van der Waals surface area contributed by atoms with Gasteiger partial charge in [0, 0.05) is 11.5 Å². The molecule has 0 heterocycles. The molecule has 0 radical (unpaired) electrons. The number of carboxylic acids is 1. The minimum atomic E-state index is -1.26. The van der Waals surface area contributed by atoms with Gasteiger partial charge in [0.2, 0.25) is 0 Å². The average Bonchev–Trinajstić information content (AvgIpc) is 3.38. The number of nitriles is 1. The molecule has 1 atom stereocenters. The van der Waals surface area contributed by atoms with Gasteiger partial charge in [-0.25, -0.2) is 4.79 Å². The van der Waals surface area contributed by atoms with E-state index in [1.807, 2.05) is 0 Å². The van der Waals surface area contributed by atoms with Crippen molar-refractivity contribution < 1.29 is 15.0 Å². The van der Waals surface area contributed by atoms with Gasteiger partial charge in [0.15, 0.2) is 0 Å². The van der Waals surface area contributed by atoms with Gasteiger partial charge >= 0.3 is 5.97 Å². The summed E-state index contributed by atoms with van der Waals surface area (Å²) in [6.07, 6.45) is 3.15. The summed E-state index contributed by atoms with van der Waals surface area (Å²) < 4.78 is 0. The summed E-state index contributed by atoms with van der Waals surface area (Å²) in [5.41, 5.74) is -1.28. The quantitative estimate of drug-likeness (QED) is 0.832. The normalized spacial score (nSPS) is 21.3. The van der Waals surface area contributed by atoms with Gasteiger partial charge in [-0.15, -0.1) is 0 Å². The van der Waals surface area contributed by atoms with Crippen molar-refractivity contribution in [3.05, 3.63) is 35.4 Å². The predicted molar refractivity (Wildman–Crippen MR) is 75.2 cm³/mol. The molecular weight excluding hydrogens is 266 g/mol. The molecule has 106 valence electrons. The lowest BCUT2D eigenvalue weighted by Crippen LogP contribution is -2.39. The molecular formula is C17H15NO3. The lowest BCUT2D eigenvalue weighted by atomic mass is 9.81. The van der Waals surface area contributed by atoms with E-state index in [9.17, 15) is 15.2 Å². The Morgan fingerprint density at radius 1 is 1.38 bits per heavy atom. The van der Waals surface area contributed by atoms with Crippen LogP contribution in [0.15, 0.2) is 24.3 Å². The first-order valence-corrected chi connectivity index (χ1v) is 7.01. The number of rotatable bonds is 3. The molecule has 1 aromatic carbocycles. The summed E-state index contributed by atoms with van der Waals surface area (Å²) in [5, 5.41) is 29.2. The molecule has 4 heteroatoms. The first-order chi connectivity index (χ1) is 10.0. The number of nitrogens with zero attached hydrogens (tertiary/aromatic N) is 1. The Hall–Kier alpha value is -2.30. The largest absolute Gasteiger partial charge is 0.478 e. The monoisotopic (exact) mass is 281 g/mol. The van der Waals surface area contributed by atoms with Crippen LogP contribution in [0.4, 0.5) is 0 Å². The van der Waals surface area contributed by atoms with Crippen LogP contribution in [0.2, 0.25) is 0 Å². The lowest BCUT2D eigenvalue weighted by molar-refractivity contribution is 0.0267. The third kappa shape index (κ3) is 2.28. The molecule has 2 aliphatic rings. The zero-order chi connectivity index (χ0) is 15.1. The molecule has 2 saturated carbocycles. The van der Waals surface area contributed by atoms with E-state index >= 15 is 0 Å². The predicted octanol–water partition coefficient (Wildman–Crippen LogP) is 2.18. The molecule has 21 heavy (non-hydrogen) atoms. The van der Waals surface area contributed by atoms with Gasteiger partial charge in [-0.05, 0) is 43.9 Å². The van der Waals surface area contributed by atoms with Crippen molar-refractivity contribution in [3.63, 3.8) is 0 Å². The van der Waals surface area contributed by atoms with Crippen molar-refractivity contribution in [1.82, 2.24) is 0 Å². The first-order valence-electron chi connectivity index (χ1n) is 7.01. The highest BCUT2D eigenvalue weighted by Crippen LogP contribution is 2.60. The summed E-state index contributed by atoms with van der Waals surface area (Å²) >= 11 is 0. The molecule has 0 bridgehead atoms. The number of aliphatic hydroxyl groups is 1. The Morgan fingerprint density at radius 3 is 2.62 bits per heavy atom. The van der Waals surface area contributed by atoms with E-state index < -0.39 is 17.0 Å². The Labute approximate surface area is 123 Å². The molecule has 3 rings (SSSR count). The Kier molecular flexibility index (Phi) is 3.01. The summed E-state index contributed by atoms with van der Waals surface area (Å²) in [6.45, 7) is 0. The van der Waals surface area contributed by atoms with E-state index in [4.69, 9.17) is 5.11 Å². The third-order valence-electron chi connectivity index (χ3n) is 4.37. The standard InChI is InChI=1S/C17H15NO3/c18-11-16(8-9-16)17(21,14-4-5-14)7-6-12-2-1-3-13(10-12)15(19)20/h1-3,10,14,21H,4-5,8-9H2,(H,19,20)/t17-/m1/s1. The SMILES string of the molecule is N#CC1([C@@](O)(C#Cc2cccc(C(=O)O)c2)C2CC2)CC1.